The van der Waals surface area contributed by atoms with Crippen molar-refractivity contribution in [1.82, 2.24) is 0 Å². The molecule has 1 fully saturated rings. The summed E-state index contributed by atoms with van der Waals surface area (Å²) in [6, 6.07) is 16.4. The molecule has 1 aliphatic carbocycles. The lowest BCUT2D eigenvalue weighted by molar-refractivity contribution is 0.302. The quantitative estimate of drug-likeness (QED) is 0.907. The van der Waals surface area contributed by atoms with Crippen LogP contribution in [0.2, 0.25) is 0 Å². The van der Waals surface area contributed by atoms with Gasteiger partial charge in [-0.2, -0.15) is 0 Å². The SMILES string of the molecule is COc1ccc(OCc2ccccc2)c(C2CC2N)c1. The Morgan fingerprint density at radius 3 is 2.55 bits per heavy atom. The van der Waals surface area contributed by atoms with Crippen LogP contribution < -0.4 is 15.2 Å². The lowest BCUT2D eigenvalue weighted by atomic mass is 10.1. The summed E-state index contributed by atoms with van der Waals surface area (Å²) in [7, 11) is 1.68. The fourth-order valence-electron chi connectivity index (χ4n) is 2.38. The summed E-state index contributed by atoms with van der Waals surface area (Å²) >= 11 is 0. The first-order valence-corrected chi connectivity index (χ1v) is 6.88. The van der Waals surface area contributed by atoms with Crippen LogP contribution in [0.4, 0.5) is 0 Å². The maximum atomic E-state index is 5.97. The predicted octanol–water partition coefficient (Wildman–Crippen LogP) is 3.09. The summed E-state index contributed by atoms with van der Waals surface area (Å²) in [5, 5.41) is 0. The second kappa shape index (κ2) is 5.55. The third kappa shape index (κ3) is 2.78. The molecule has 0 heterocycles. The van der Waals surface area contributed by atoms with E-state index >= 15 is 0 Å². The zero-order valence-electron chi connectivity index (χ0n) is 11.6. The van der Waals surface area contributed by atoms with Gasteiger partial charge in [-0.25, -0.2) is 0 Å². The number of ether oxygens (including phenoxy) is 2. The van der Waals surface area contributed by atoms with Crippen LogP contribution in [0.3, 0.4) is 0 Å². The second-order valence-corrected chi connectivity index (χ2v) is 5.18. The molecule has 2 aromatic rings. The van der Waals surface area contributed by atoms with E-state index in [4.69, 9.17) is 15.2 Å². The fraction of sp³-hybridized carbons (Fsp3) is 0.294. The summed E-state index contributed by atoms with van der Waals surface area (Å²) in [5.74, 6) is 2.16. The van der Waals surface area contributed by atoms with Gasteiger partial charge < -0.3 is 15.2 Å². The van der Waals surface area contributed by atoms with Gasteiger partial charge in [-0.3, -0.25) is 0 Å². The van der Waals surface area contributed by atoms with Crippen LogP contribution in [0.15, 0.2) is 48.5 Å². The van der Waals surface area contributed by atoms with Gasteiger partial charge >= 0.3 is 0 Å². The normalized spacial score (nSPS) is 20.5. The molecular weight excluding hydrogens is 250 g/mol. The monoisotopic (exact) mass is 269 g/mol. The van der Waals surface area contributed by atoms with Crippen molar-refractivity contribution >= 4 is 0 Å². The van der Waals surface area contributed by atoms with Crippen LogP contribution in [0.5, 0.6) is 11.5 Å². The van der Waals surface area contributed by atoms with E-state index in [0.29, 0.717) is 12.5 Å². The van der Waals surface area contributed by atoms with Gasteiger partial charge in [-0.05, 0) is 30.2 Å². The molecule has 0 aromatic heterocycles. The number of rotatable bonds is 5. The van der Waals surface area contributed by atoms with Crippen molar-refractivity contribution in [2.45, 2.75) is 25.0 Å². The fourth-order valence-corrected chi connectivity index (χ4v) is 2.38. The minimum atomic E-state index is 0.251. The van der Waals surface area contributed by atoms with E-state index in [1.807, 2.05) is 36.4 Å². The Morgan fingerprint density at radius 2 is 1.90 bits per heavy atom. The minimum absolute atomic E-state index is 0.251. The molecule has 0 bridgehead atoms. The van der Waals surface area contributed by atoms with Crippen molar-refractivity contribution in [3.8, 4) is 11.5 Å². The highest BCUT2D eigenvalue weighted by atomic mass is 16.5. The van der Waals surface area contributed by atoms with Crippen molar-refractivity contribution in [2.75, 3.05) is 7.11 Å². The Balaban J connectivity index is 1.78. The van der Waals surface area contributed by atoms with Gasteiger partial charge in [0.1, 0.15) is 18.1 Å². The third-order valence-corrected chi connectivity index (χ3v) is 3.69. The van der Waals surface area contributed by atoms with Crippen LogP contribution >= 0.6 is 0 Å². The molecule has 1 aliphatic rings. The van der Waals surface area contributed by atoms with Crippen LogP contribution in [0.25, 0.3) is 0 Å². The lowest BCUT2D eigenvalue weighted by Gasteiger charge is -2.13. The van der Waals surface area contributed by atoms with Gasteiger partial charge in [0.25, 0.3) is 0 Å². The van der Waals surface area contributed by atoms with Crippen molar-refractivity contribution in [3.05, 3.63) is 59.7 Å². The number of benzene rings is 2. The highest BCUT2D eigenvalue weighted by Gasteiger charge is 2.37. The van der Waals surface area contributed by atoms with Gasteiger partial charge in [-0.1, -0.05) is 30.3 Å². The molecule has 20 heavy (non-hydrogen) atoms. The Kier molecular flexibility index (Phi) is 3.61. The first-order chi connectivity index (χ1) is 9.78. The standard InChI is InChI=1S/C17H19NO2/c1-19-13-7-8-17(15(9-13)14-10-16(14)18)20-11-12-5-3-2-4-6-12/h2-9,14,16H,10-11,18H2,1H3. The smallest absolute Gasteiger partial charge is 0.123 e. The molecular formula is C17H19NO2. The average Bonchev–Trinajstić information content (AvgIpc) is 3.23. The summed E-state index contributed by atoms with van der Waals surface area (Å²) in [5.41, 5.74) is 8.29. The van der Waals surface area contributed by atoms with Crippen molar-refractivity contribution in [1.29, 1.82) is 0 Å². The molecule has 0 radical (unpaired) electrons. The maximum absolute atomic E-state index is 5.97. The lowest BCUT2D eigenvalue weighted by Crippen LogP contribution is -2.04. The molecule has 2 unspecified atom stereocenters. The summed E-state index contributed by atoms with van der Waals surface area (Å²) < 4.78 is 11.3. The second-order valence-electron chi connectivity index (χ2n) is 5.18. The van der Waals surface area contributed by atoms with E-state index in [9.17, 15) is 0 Å². The van der Waals surface area contributed by atoms with Gasteiger partial charge in [0, 0.05) is 17.5 Å². The van der Waals surface area contributed by atoms with Crippen LogP contribution in [0, 0.1) is 0 Å². The third-order valence-electron chi connectivity index (χ3n) is 3.69. The summed E-state index contributed by atoms with van der Waals surface area (Å²) in [6.45, 7) is 0.572. The maximum Gasteiger partial charge on any atom is 0.123 e. The molecule has 2 N–H and O–H groups in total. The van der Waals surface area contributed by atoms with Gasteiger partial charge in [0.2, 0.25) is 0 Å². The Morgan fingerprint density at radius 1 is 1.15 bits per heavy atom. The first-order valence-electron chi connectivity index (χ1n) is 6.88. The van der Waals surface area contributed by atoms with Crippen molar-refractivity contribution < 1.29 is 9.47 Å². The van der Waals surface area contributed by atoms with Crippen LogP contribution in [-0.2, 0) is 6.61 Å². The molecule has 0 amide bonds. The molecule has 0 saturated heterocycles. The summed E-state index contributed by atoms with van der Waals surface area (Å²) in [6.07, 6.45) is 1.02. The highest BCUT2D eigenvalue weighted by Crippen LogP contribution is 2.44. The summed E-state index contributed by atoms with van der Waals surface area (Å²) in [4.78, 5) is 0. The van der Waals surface area contributed by atoms with Gasteiger partial charge in [0.15, 0.2) is 0 Å². The Bertz CT molecular complexity index is 583. The van der Waals surface area contributed by atoms with E-state index < -0.39 is 0 Å². The molecule has 3 rings (SSSR count). The molecule has 104 valence electrons. The molecule has 2 atom stereocenters. The number of hydrogen-bond acceptors (Lipinski definition) is 3. The molecule has 1 saturated carbocycles. The van der Waals surface area contributed by atoms with E-state index in [1.54, 1.807) is 7.11 Å². The van der Waals surface area contributed by atoms with E-state index in [2.05, 4.69) is 12.1 Å². The topological polar surface area (TPSA) is 44.5 Å². The van der Waals surface area contributed by atoms with Gasteiger partial charge in [-0.15, -0.1) is 0 Å². The predicted molar refractivity (Wildman–Crippen MR) is 79.1 cm³/mol. The molecule has 3 heteroatoms. The number of methoxy groups -OCH3 is 1. The first kappa shape index (κ1) is 13.0. The van der Waals surface area contributed by atoms with Crippen molar-refractivity contribution in [3.63, 3.8) is 0 Å². The van der Waals surface area contributed by atoms with Crippen molar-refractivity contribution in [2.24, 2.45) is 5.73 Å². The van der Waals surface area contributed by atoms with Gasteiger partial charge in [0.05, 0.1) is 7.11 Å². The zero-order valence-corrected chi connectivity index (χ0v) is 11.6. The van der Waals surface area contributed by atoms with Crippen LogP contribution in [-0.4, -0.2) is 13.2 Å². The largest absolute Gasteiger partial charge is 0.497 e. The molecule has 2 aromatic carbocycles. The number of hydrogen-bond donors (Lipinski definition) is 1. The minimum Gasteiger partial charge on any atom is -0.497 e. The highest BCUT2D eigenvalue weighted by molar-refractivity contribution is 5.45. The van der Waals surface area contributed by atoms with E-state index in [-0.39, 0.29) is 6.04 Å². The Hall–Kier alpha value is -2.00. The van der Waals surface area contributed by atoms with Crippen LogP contribution in [0.1, 0.15) is 23.5 Å². The molecule has 0 spiro atoms. The average molecular weight is 269 g/mol. The molecule has 0 aliphatic heterocycles. The van der Waals surface area contributed by atoms with E-state index in [0.717, 1.165) is 29.0 Å². The van der Waals surface area contributed by atoms with E-state index in [1.165, 1.54) is 0 Å². The molecule has 3 nitrogen and oxygen atoms in total. The zero-order chi connectivity index (χ0) is 13.9. The number of nitrogens with two attached hydrogens (primary N) is 1. The Labute approximate surface area is 119 Å².